The van der Waals surface area contributed by atoms with Crippen molar-refractivity contribution in [3.8, 4) is 0 Å². The summed E-state index contributed by atoms with van der Waals surface area (Å²) in [5.74, 6) is -0.826. The zero-order valence-corrected chi connectivity index (χ0v) is 34.7. The van der Waals surface area contributed by atoms with Gasteiger partial charge in [-0.25, -0.2) is 4.79 Å². The van der Waals surface area contributed by atoms with E-state index in [2.05, 4.69) is 38.2 Å². The highest BCUT2D eigenvalue weighted by molar-refractivity contribution is 6.21. The molecule has 0 aliphatic heterocycles. The number of rotatable bonds is 30. The number of carbonyl (C=O) groups is 2. The van der Waals surface area contributed by atoms with Crippen LogP contribution in [0.5, 0.6) is 0 Å². The number of benzene rings is 1. The second-order valence-electron chi connectivity index (χ2n) is 16.6. The second kappa shape index (κ2) is 26.7. The minimum atomic E-state index is -0.919. The van der Waals surface area contributed by atoms with Crippen LogP contribution in [0.25, 0.3) is 0 Å². The van der Waals surface area contributed by atoms with Crippen LogP contribution in [0, 0.1) is 17.3 Å². The number of ether oxygens (including phenoxy) is 1. The monoisotopic (exact) mass is 771 g/mol. The Morgan fingerprint density at radius 1 is 0.907 bits per heavy atom. The van der Waals surface area contributed by atoms with Gasteiger partial charge in [-0.15, -0.1) is 11.6 Å². The number of halogens is 1. The van der Waals surface area contributed by atoms with Gasteiger partial charge in [-0.05, 0) is 99.2 Å². The molecule has 1 unspecified atom stereocenters. The molecule has 0 aromatic heterocycles. The highest BCUT2D eigenvalue weighted by Crippen LogP contribution is 2.48. The summed E-state index contributed by atoms with van der Waals surface area (Å²) in [5.41, 5.74) is 1.39. The molecule has 2 aliphatic rings. The first-order valence-corrected chi connectivity index (χ1v) is 22.4. The Morgan fingerprint density at radius 2 is 1.57 bits per heavy atom. The maximum absolute atomic E-state index is 12.6. The zero-order chi connectivity index (χ0) is 39.0. The van der Waals surface area contributed by atoms with Crippen LogP contribution in [0.2, 0.25) is 0 Å². The van der Waals surface area contributed by atoms with E-state index >= 15 is 0 Å². The van der Waals surface area contributed by atoms with E-state index in [1.54, 1.807) is 12.1 Å². The third-order valence-corrected chi connectivity index (χ3v) is 13.2. The fourth-order valence-electron chi connectivity index (χ4n) is 8.77. The van der Waals surface area contributed by atoms with Gasteiger partial charge >= 0.3 is 11.9 Å². The Balaban J connectivity index is 1.33. The van der Waals surface area contributed by atoms with E-state index in [-0.39, 0.29) is 40.6 Å². The third kappa shape index (κ3) is 16.5. The molecule has 54 heavy (non-hydrogen) atoms. The Bertz CT molecular complexity index is 1230. The minimum Gasteiger partial charge on any atom is -0.478 e. The molecule has 3 N–H and O–H groups in total. The van der Waals surface area contributed by atoms with E-state index in [9.17, 15) is 24.9 Å². The number of carboxylic acids is 1. The van der Waals surface area contributed by atoms with Gasteiger partial charge in [0, 0.05) is 17.7 Å². The third-order valence-electron chi connectivity index (χ3n) is 12.7. The molecular formula is C47H75ClO6. The van der Waals surface area contributed by atoms with Crippen molar-refractivity contribution in [1.82, 2.24) is 0 Å². The maximum Gasteiger partial charge on any atom is 0.335 e. The fourth-order valence-corrected chi connectivity index (χ4v) is 9.22. The number of aliphatic hydroxyl groups is 2. The first-order valence-electron chi connectivity index (χ1n) is 22.0. The molecule has 0 bridgehead atoms. The van der Waals surface area contributed by atoms with E-state index in [4.69, 9.17) is 16.3 Å². The molecule has 2 aliphatic carbocycles. The highest BCUT2D eigenvalue weighted by Gasteiger charge is 2.42. The van der Waals surface area contributed by atoms with E-state index in [0.29, 0.717) is 44.3 Å². The minimum absolute atomic E-state index is 0.0155. The van der Waals surface area contributed by atoms with Crippen molar-refractivity contribution in [3.63, 3.8) is 0 Å². The van der Waals surface area contributed by atoms with Gasteiger partial charge in [0.25, 0.3) is 0 Å². The molecular weight excluding hydrogens is 696 g/mol. The number of hydrogen-bond acceptors (Lipinski definition) is 5. The largest absolute Gasteiger partial charge is 0.478 e. The first kappa shape index (κ1) is 46.2. The SMILES string of the molecule is CCCCCCCCCCCCCCCC(CCOC(=O)CCCC=CC[C@@H]1[C@@H](C=CC[C@H](O)C2(CC)CCC2)[C@H](O)C[C@H]1Cl)c1cccc(C(=O)O)c1. The zero-order valence-electron chi connectivity index (χ0n) is 33.9. The van der Waals surface area contributed by atoms with Crippen LogP contribution in [0.1, 0.15) is 196 Å². The molecule has 3 rings (SSSR count). The molecule has 7 heteroatoms. The Hall–Kier alpha value is -2.15. The van der Waals surface area contributed by atoms with Crippen LogP contribution < -0.4 is 0 Å². The highest BCUT2D eigenvalue weighted by atomic mass is 35.5. The molecule has 6 nitrogen and oxygen atoms in total. The standard InChI is InChI=1S/C47H75ClO6/c1-3-5-6-7-8-9-10-11-12-13-14-15-18-24-37(38-25-21-26-39(35-38)46(52)53)31-34-54-45(51)30-20-17-16-19-27-40-41(43(49)36-42(40)48)28-22-29-44(50)47(4-2)32-23-33-47/h16,19,21-22,25-26,28,35,37,40-44,49-50H,3-15,17-18,20,23-24,27,29-34,36H2,1-2H3,(H,52,53)/t37?,40-,41-,42-,43-,44+/m1/s1. The van der Waals surface area contributed by atoms with Crippen LogP contribution >= 0.6 is 11.6 Å². The number of hydrogen-bond donors (Lipinski definition) is 3. The molecule has 0 heterocycles. The van der Waals surface area contributed by atoms with E-state index in [1.165, 1.54) is 83.5 Å². The number of carboxylic acid groups (broad SMARTS) is 1. The van der Waals surface area contributed by atoms with Crippen molar-refractivity contribution >= 4 is 23.5 Å². The predicted molar refractivity (Wildman–Crippen MR) is 223 cm³/mol. The number of carbonyl (C=O) groups excluding carboxylic acids is 1. The number of unbranched alkanes of at least 4 members (excludes halogenated alkanes) is 13. The summed E-state index contributed by atoms with van der Waals surface area (Å²) >= 11 is 6.67. The lowest BCUT2D eigenvalue weighted by Crippen LogP contribution is -2.40. The van der Waals surface area contributed by atoms with E-state index < -0.39 is 12.1 Å². The summed E-state index contributed by atoms with van der Waals surface area (Å²) in [6.45, 7) is 4.77. The van der Waals surface area contributed by atoms with Crippen molar-refractivity contribution in [1.29, 1.82) is 0 Å². The van der Waals surface area contributed by atoms with E-state index in [1.807, 2.05) is 12.1 Å². The molecule has 0 spiro atoms. The normalized spacial score (nSPS) is 22.1. The van der Waals surface area contributed by atoms with Crippen LogP contribution in [-0.2, 0) is 9.53 Å². The lowest BCUT2D eigenvalue weighted by atomic mass is 9.63. The quantitative estimate of drug-likeness (QED) is 0.0311. The number of aromatic carboxylic acids is 1. The Kier molecular flexibility index (Phi) is 22.8. The van der Waals surface area contributed by atoms with Gasteiger partial charge in [0.1, 0.15) is 0 Å². The Morgan fingerprint density at radius 3 is 2.19 bits per heavy atom. The summed E-state index contributed by atoms with van der Waals surface area (Å²) < 4.78 is 5.66. The Labute approximate surface area is 333 Å². The maximum atomic E-state index is 12.6. The molecule has 0 amide bonds. The molecule has 0 radical (unpaired) electrons. The summed E-state index contributed by atoms with van der Waals surface area (Å²) in [7, 11) is 0. The van der Waals surface area contributed by atoms with Crippen LogP contribution in [-0.4, -0.2) is 51.5 Å². The summed E-state index contributed by atoms with van der Waals surface area (Å²) in [5, 5.41) is 30.9. The predicted octanol–water partition coefficient (Wildman–Crippen LogP) is 12.5. The lowest BCUT2D eigenvalue weighted by molar-refractivity contribution is -0.143. The smallest absolute Gasteiger partial charge is 0.335 e. The second-order valence-corrected chi connectivity index (χ2v) is 17.1. The molecule has 2 saturated carbocycles. The average molecular weight is 772 g/mol. The molecule has 0 saturated heterocycles. The van der Waals surface area contributed by atoms with Crippen molar-refractivity contribution < 1.29 is 29.6 Å². The molecule has 1 aromatic rings. The van der Waals surface area contributed by atoms with Gasteiger partial charge in [0.2, 0.25) is 0 Å². The summed E-state index contributed by atoms with van der Waals surface area (Å²) in [4.78, 5) is 24.3. The van der Waals surface area contributed by atoms with Crippen molar-refractivity contribution in [2.45, 2.75) is 198 Å². The van der Waals surface area contributed by atoms with Gasteiger partial charge in [0.15, 0.2) is 0 Å². The molecule has 6 atom stereocenters. The number of esters is 1. The number of allylic oxidation sites excluding steroid dienone is 2. The van der Waals surface area contributed by atoms with Gasteiger partial charge in [-0.2, -0.15) is 0 Å². The summed E-state index contributed by atoms with van der Waals surface area (Å²) in [6.07, 6.45) is 34.4. The fraction of sp³-hybridized carbons (Fsp3) is 0.745. The first-order chi connectivity index (χ1) is 26.2. The van der Waals surface area contributed by atoms with Crippen molar-refractivity contribution in [2.75, 3.05) is 6.61 Å². The molecule has 306 valence electrons. The van der Waals surface area contributed by atoms with Crippen molar-refractivity contribution in [3.05, 3.63) is 59.7 Å². The average Bonchev–Trinajstić information content (AvgIpc) is 3.41. The topological polar surface area (TPSA) is 104 Å². The number of aliphatic hydroxyl groups excluding tert-OH is 2. The van der Waals surface area contributed by atoms with Crippen molar-refractivity contribution in [2.24, 2.45) is 17.3 Å². The number of alkyl halides is 1. The van der Waals surface area contributed by atoms with Gasteiger partial charge in [-0.3, -0.25) is 4.79 Å². The molecule has 2 fully saturated rings. The van der Waals surface area contributed by atoms with Gasteiger partial charge in [-0.1, -0.05) is 140 Å². The molecule has 1 aromatic carbocycles. The van der Waals surface area contributed by atoms with Gasteiger partial charge in [0.05, 0.1) is 24.4 Å². The van der Waals surface area contributed by atoms with E-state index in [0.717, 1.165) is 50.5 Å². The van der Waals surface area contributed by atoms with Crippen LogP contribution in [0.4, 0.5) is 0 Å². The lowest BCUT2D eigenvalue weighted by Gasteiger charge is -2.45. The van der Waals surface area contributed by atoms with Crippen LogP contribution in [0.3, 0.4) is 0 Å². The summed E-state index contributed by atoms with van der Waals surface area (Å²) in [6, 6.07) is 7.24. The van der Waals surface area contributed by atoms with Gasteiger partial charge < -0.3 is 20.1 Å². The van der Waals surface area contributed by atoms with Crippen LogP contribution in [0.15, 0.2) is 48.6 Å².